The van der Waals surface area contributed by atoms with Gasteiger partial charge in [0, 0.05) is 24.2 Å². The minimum Gasteiger partial charge on any atom is -0.316 e. The molecule has 0 spiro atoms. The van der Waals surface area contributed by atoms with Gasteiger partial charge < -0.3 is 10.2 Å². The molecule has 3 rings (SSSR count). The summed E-state index contributed by atoms with van der Waals surface area (Å²) in [6, 6.07) is 13.9. The number of carbonyl (C=O) groups is 1. The monoisotopic (exact) mass is 299 g/mol. The maximum atomic E-state index is 12.5. The van der Waals surface area contributed by atoms with E-state index in [0.717, 1.165) is 23.7 Å². The molecule has 0 saturated carbocycles. The van der Waals surface area contributed by atoms with Crippen LogP contribution in [-0.2, 0) is 0 Å². The number of nitrogens with one attached hydrogen (secondary N) is 1. The number of thioether (sulfide) groups is 1. The first-order valence-electron chi connectivity index (χ1n) is 6.95. The highest BCUT2D eigenvalue weighted by Gasteiger charge is 2.28. The van der Waals surface area contributed by atoms with Crippen LogP contribution in [0.2, 0.25) is 0 Å². The summed E-state index contributed by atoms with van der Waals surface area (Å²) >= 11 is 1.89. The highest BCUT2D eigenvalue weighted by atomic mass is 32.2. The van der Waals surface area contributed by atoms with Gasteiger partial charge in [0.2, 0.25) is 0 Å². The van der Waals surface area contributed by atoms with Gasteiger partial charge in [-0.3, -0.25) is 4.98 Å². The smallest absolute Gasteiger partial charge is 0.316 e. The Balaban J connectivity index is 1.76. The highest BCUT2D eigenvalue weighted by Crippen LogP contribution is 2.29. The molecule has 2 aromatic rings. The normalized spacial score (nSPS) is 18.3. The van der Waals surface area contributed by atoms with Crippen LogP contribution in [0.1, 0.15) is 11.6 Å². The van der Waals surface area contributed by atoms with E-state index in [4.69, 9.17) is 0 Å². The van der Waals surface area contributed by atoms with Gasteiger partial charge in [0.25, 0.3) is 0 Å². The average molecular weight is 299 g/mol. The maximum absolute atomic E-state index is 12.5. The Morgan fingerprint density at radius 1 is 1.24 bits per heavy atom. The Labute approximate surface area is 128 Å². The van der Waals surface area contributed by atoms with Gasteiger partial charge in [0.15, 0.2) is 0 Å². The van der Waals surface area contributed by atoms with Crippen LogP contribution in [0.5, 0.6) is 0 Å². The SMILES string of the molecule is O=C(Nc1cccnc1)N1CCSCC1c1ccccc1. The zero-order chi connectivity index (χ0) is 14.5. The fraction of sp³-hybridized carbons (Fsp3) is 0.250. The molecule has 1 saturated heterocycles. The van der Waals surface area contributed by atoms with E-state index >= 15 is 0 Å². The van der Waals surface area contributed by atoms with Crippen LogP contribution in [0.4, 0.5) is 10.5 Å². The number of nitrogens with zero attached hydrogens (tertiary/aromatic N) is 2. The molecule has 108 valence electrons. The van der Waals surface area contributed by atoms with Gasteiger partial charge in [-0.2, -0.15) is 11.8 Å². The van der Waals surface area contributed by atoms with Crippen molar-refractivity contribution in [1.82, 2.24) is 9.88 Å². The quantitative estimate of drug-likeness (QED) is 0.924. The second kappa shape index (κ2) is 6.63. The number of anilines is 1. The summed E-state index contributed by atoms with van der Waals surface area (Å²) in [7, 11) is 0. The van der Waals surface area contributed by atoms with Crippen LogP contribution >= 0.6 is 11.8 Å². The van der Waals surface area contributed by atoms with Gasteiger partial charge in [-0.05, 0) is 17.7 Å². The van der Waals surface area contributed by atoms with Crippen LogP contribution in [0.15, 0.2) is 54.9 Å². The van der Waals surface area contributed by atoms with Crippen LogP contribution in [0.3, 0.4) is 0 Å². The Morgan fingerprint density at radius 3 is 2.86 bits per heavy atom. The molecule has 1 atom stereocenters. The number of benzene rings is 1. The van der Waals surface area contributed by atoms with E-state index in [-0.39, 0.29) is 12.1 Å². The number of aromatic nitrogens is 1. The molecule has 1 aromatic carbocycles. The Hall–Kier alpha value is -2.01. The second-order valence-corrected chi connectivity index (χ2v) is 6.02. The molecule has 4 nitrogen and oxygen atoms in total. The average Bonchev–Trinajstić information content (AvgIpc) is 2.56. The number of hydrogen-bond donors (Lipinski definition) is 1. The number of rotatable bonds is 2. The summed E-state index contributed by atoms with van der Waals surface area (Å²) < 4.78 is 0. The van der Waals surface area contributed by atoms with Gasteiger partial charge >= 0.3 is 6.03 Å². The van der Waals surface area contributed by atoms with Gasteiger partial charge in [-0.25, -0.2) is 4.79 Å². The van der Waals surface area contributed by atoms with Crippen molar-refractivity contribution in [3.8, 4) is 0 Å². The van der Waals surface area contributed by atoms with Crippen molar-refractivity contribution in [2.75, 3.05) is 23.4 Å². The van der Waals surface area contributed by atoms with Crippen molar-refractivity contribution in [2.24, 2.45) is 0 Å². The molecule has 1 aliphatic rings. The molecule has 1 fully saturated rings. The van der Waals surface area contributed by atoms with E-state index in [1.807, 2.05) is 47.0 Å². The van der Waals surface area contributed by atoms with Crippen molar-refractivity contribution in [2.45, 2.75) is 6.04 Å². The van der Waals surface area contributed by atoms with E-state index in [1.54, 1.807) is 12.4 Å². The largest absolute Gasteiger partial charge is 0.322 e. The Kier molecular flexibility index (Phi) is 4.40. The Morgan fingerprint density at radius 2 is 2.10 bits per heavy atom. The molecule has 1 aliphatic heterocycles. The minimum absolute atomic E-state index is 0.0582. The van der Waals surface area contributed by atoms with E-state index < -0.39 is 0 Å². The molecule has 5 heteroatoms. The lowest BCUT2D eigenvalue weighted by molar-refractivity contribution is 0.196. The zero-order valence-electron chi connectivity index (χ0n) is 11.6. The minimum atomic E-state index is -0.0582. The molecule has 1 unspecified atom stereocenters. The van der Waals surface area contributed by atoms with Crippen LogP contribution in [0, 0.1) is 0 Å². The third-order valence-corrected chi connectivity index (χ3v) is 4.51. The number of carbonyl (C=O) groups excluding carboxylic acids is 1. The van der Waals surface area contributed by atoms with Gasteiger partial charge in [0.05, 0.1) is 17.9 Å². The number of amides is 2. The van der Waals surface area contributed by atoms with E-state index in [2.05, 4.69) is 22.4 Å². The molecule has 1 aromatic heterocycles. The van der Waals surface area contributed by atoms with Crippen LogP contribution in [-0.4, -0.2) is 34.0 Å². The van der Waals surface area contributed by atoms with Crippen molar-refractivity contribution in [3.63, 3.8) is 0 Å². The Bertz CT molecular complexity index is 591. The lowest BCUT2D eigenvalue weighted by atomic mass is 10.1. The zero-order valence-corrected chi connectivity index (χ0v) is 12.4. The molecule has 2 heterocycles. The van der Waals surface area contributed by atoms with Crippen LogP contribution in [0.25, 0.3) is 0 Å². The first-order valence-corrected chi connectivity index (χ1v) is 8.10. The molecule has 0 radical (unpaired) electrons. The molecule has 0 aliphatic carbocycles. The van der Waals surface area contributed by atoms with Gasteiger partial charge in [0.1, 0.15) is 0 Å². The number of hydrogen-bond acceptors (Lipinski definition) is 3. The van der Waals surface area contributed by atoms with Gasteiger partial charge in [-0.1, -0.05) is 30.3 Å². The van der Waals surface area contributed by atoms with E-state index in [1.165, 1.54) is 5.56 Å². The van der Waals surface area contributed by atoms with Crippen molar-refractivity contribution < 1.29 is 4.79 Å². The fourth-order valence-corrected chi connectivity index (χ4v) is 3.52. The lowest BCUT2D eigenvalue weighted by Gasteiger charge is -2.35. The topological polar surface area (TPSA) is 45.2 Å². The third-order valence-electron chi connectivity index (χ3n) is 3.49. The predicted octanol–water partition coefficient (Wildman–Crippen LogP) is 3.40. The van der Waals surface area contributed by atoms with Crippen molar-refractivity contribution >= 4 is 23.5 Å². The summed E-state index contributed by atoms with van der Waals surface area (Å²) in [4.78, 5) is 18.5. The van der Waals surface area contributed by atoms with Crippen molar-refractivity contribution in [1.29, 1.82) is 0 Å². The summed E-state index contributed by atoms with van der Waals surface area (Å²) in [5.74, 6) is 1.91. The fourth-order valence-electron chi connectivity index (χ4n) is 2.43. The maximum Gasteiger partial charge on any atom is 0.322 e. The molecule has 1 N–H and O–H groups in total. The van der Waals surface area contributed by atoms with E-state index in [0.29, 0.717) is 0 Å². The first kappa shape index (κ1) is 13.9. The number of urea groups is 1. The highest BCUT2D eigenvalue weighted by molar-refractivity contribution is 7.99. The predicted molar refractivity (Wildman–Crippen MR) is 86.5 cm³/mol. The molecular formula is C16H17N3OS. The summed E-state index contributed by atoms with van der Waals surface area (Å²) in [5.41, 5.74) is 1.92. The molecule has 0 bridgehead atoms. The number of pyridine rings is 1. The summed E-state index contributed by atoms with van der Waals surface area (Å²) in [6.07, 6.45) is 3.36. The van der Waals surface area contributed by atoms with Crippen LogP contribution < -0.4 is 5.32 Å². The lowest BCUT2D eigenvalue weighted by Crippen LogP contribution is -2.43. The van der Waals surface area contributed by atoms with E-state index in [9.17, 15) is 4.79 Å². The first-order chi connectivity index (χ1) is 10.3. The molecular weight excluding hydrogens is 282 g/mol. The summed E-state index contributed by atoms with van der Waals surface area (Å²) in [5, 5.41) is 2.93. The second-order valence-electron chi connectivity index (χ2n) is 4.87. The molecule has 2 amide bonds. The van der Waals surface area contributed by atoms with Gasteiger partial charge in [-0.15, -0.1) is 0 Å². The molecule has 21 heavy (non-hydrogen) atoms. The third kappa shape index (κ3) is 3.36. The standard InChI is InChI=1S/C16H17N3OS/c20-16(18-14-7-4-8-17-11-14)19-9-10-21-12-15(19)13-5-2-1-3-6-13/h1-8,11,15H,9-10,12H2,(H,18,20). The van der Waals surface area contributed by atoms with Crippen molar-refractivity contribution in [3.05, 3.63) is 60.4 Å². The summed E-state index contributed by atoms with van der Waals surface area (Å²) in [6.45, 7) is 0.760.